The van der Waals surface area contributed by atoms with Crippen molar-refractivity contribution in [2.45, 2.75) is 52.2 Å². The van der Waals surface area contributed by atoms with Gasteiger partial charge in [0, 0.05) is 0 Å². The van der Waals surface area contributed by atoms with E-state index < -0.39 is 23.5 Å². The molecule has 0 bridgehead atoms. The summed E-state index contributed by atoms with van der Waals surface area (Å²) in [6.45, 7) is 7.10. The molecule has 1 aliphatic rings. The zero-order chi connectivity index (χ0) is 12.6. The van der Waals surface area contributed by atoms with Crippen LogP contribution in [0.1, 0.15) is 40.5 Å². The minimum absolute atomic E-state index is 0.384. The molecule has 1 saturated carbocycles. The normalized spacial score (nSPS) is 19.8. The molecule has 0 unspecified atom stereocenters. The Kier molecular flexibility index (Phi) is 3.17. The van der Waals surface area contributed by atoms with Gasteiger partial charge in [-0.25, -0.2) is 9.59 Å². The molecule has 16 heavy (non-hydrogen) atoms. The molecule has 1 rings (SSSR count). The second kappa shape index (κ2) is 3.96. The lowest BCUT2D eigenvalue weighted by molar-refractivity contribution is -0.142. The molecule has 0 aliphatic heterocycles. The van der Waals surface area contributed by atoms with Gasteiger partial charge in [0.15, 0.2) is 0 Å². The molecule has 0 saturated heterocycles. The van der Waals surface area contributed by atoms with Crippen LogP contribution in [0.4, 0.5) is 4.79 Å². The monoisotopic (exact) mass is 229 g/mol. The highest BCUT2D eigenvalue weighted by molar-refractivity contribution is 5.80. The Balaban J connectivity index is 2.55. The number of hydrogen-bond acceptors (Lipinski definition) is 3. The highest BCUT2D eigenvalue weighted by Crippen LogP contribution is 2.38. The van der Waals surface area contributed by atoms with Crippen LogP contribution in [0.25, 0.3) is 0 Å². The predicted octanol–water partition coefficient (Wildman–Crippen LogP) is 1.76. The smallest absolute Gasteiger partial charge is 0.408 e. The molecule has 0 heterocycles. The van der Waals surface area contributed by atoms with Crippen molar-refractivity contribution in [3.8, 4) is 0 Å². The first-order valence-corrected chi connectivity index (χ1v) is 5.36. The number of nitrogens with one attached hydrogen (secondary N) is 1. The van der Waals surface area contributed by atoms with Crippen LogP contribution < -0.4 is 5.32 Å². The number of alkyl carbamates (subject to hydrolysis) is 1. The van der Waals surface area contributed by atoms with E-state index >= 15 is 0 Å². The van der Waals surface area contributed by atoms with Crippen LogP contribution in [0, 0.1) is 5.41 Å². The Morgan fingerprint density at radius 3 is 2.19 bits per heavy atom. The lowest BCUT2D eigenvalue weighted by atomic mass is 9.87. The van der Waals surface area contributed by atoms with Gasteiger partial charge in [-0.05, 0) is 25.2 Å². The molecule has 0 spiro atoms. The van der Waals surface area contributed by atoms with Crippen molar-refractivity contribution in [1.82, 2.24) is 5.32 Å². The number of hydrogen-bond donors (Lipinski definition) is 2. The summed E-state index contributed by atoms with van der Waals surface area (Å²) in [6, 6.07) is -0.942. The molecule has 1 fully saturated rings. The summed E-state index contributed by atoms with van der Waals surface area (Å²) in [7, 11) is 0. The van der Waals surface area contributed by atoms with Crippen LogP contribution in [0.5, 0.6) is 0 Å². The topological polar surface area (TPSA) is 75.6 Å². The van der Waals surface area contributed by atoms with Crippen LogP contribution in [-0.4, -0.2) is 28.8 Å². The van der Waals surface area contributed by atoms with E-state index in [0.29, 0.717) is 0 Å². The van der Waals surface area contributed by atoms with Gasteiger partial charge in [-0.15, -0.1) is 0 Å². The van der Waals surface area contributed by atoms with E-state index in [1.807, 2.05) is 6.92 Å². The highest BCUT2D eigenvalue weighted by atomic mass is 16.6. The van der Waals surface area contributed by atoms with Crippen molar-refractivity contribution in [3.63, 3.8) is 0 Å². The zero-order valence-electron chi connectivity index (χ0n) is 10.2. The third-order valence-electron chi connectivity index (χ3n) is 2.67. The van der Waals surface area contributed by atoms with Crippen LogP contribution in [-0.2, 0) is 9.53 Å². The van der Waals surface area contributed by atoms with Crippen molar-refractivity contribution in [1.29, 1.82) is 0 Å². The van der Waals surface area contributed by atoms with Gasteiger partial charge in [0.2, 0.25) is 0 Å². The van der Waals surface area contributed by atoms with Crippen LogP contribution in [0.2, 0.25) is 0 Å². The van der Waals surface area contributed by atoms with Gasteiger partial charge >= 0.3 is 12.1 Å². The number of carboxylic acid groups (broad SMARTS) is 1. The van der Waals surface area contributed by atoms with Crippen molar-refractivity contribution < 1.29 is 19.4 Å². The van der Waals surface area contributed by atoms with Gasteiger partial charge in [-0.1, -0.05) is 20.8 Å². The maximum absolute atomic E-state index is 11.5. The quantitative estimate of drug-likeness (QED) is 0.773. The third kappa shape index (κ3) is 3.40. The van der Waals surface area contributed by atoms with Crippen LogP contribution in [0.3, 0.4) is 0 Å². The molecule has 1 aliphatic carbocycles. The molecule has 92 valence electrons. The largest absolute Gasteiger partial charge is 0.480 e. The van der Waals surface area contributed by atoms with E-state index in [1.54, 1.807) is 20.8 Å². The van der Waals surface area contributed by atoms with Gasteiger partial charge in [-0.3, -0.25) is 0 Å². The molecule has 1 amide bonds. The van der Waals surface area contributed by atoms with E-state index in [0.717, 1.165) is 12.8 Å². The Morgan fingerprint density at radius 1 is 1.38 bits per heavy atom. The van der Waals surface area contributed by atoms with E-state index in [2.05, 4.69) is 5.32 Å². The zero-order valence-corrected chi connectivity index (χ0v) is 10.2. The summed E-state index contributed by atoms with van der Waals surface area (Å²) >= 11 is 0. The Hall–Kier alpha value is -1.26. The van der Waals surface area contributed by atoms with E-state index in [-0.39, 0.29) is 5.60 Å². The van der Waals surface area contributed by atoms with E-state index in [9.17, 15) is 9.59 Å². The minimum Gasteiger partial charge on any atom is -0.480 e. The molecular weight excluding hydrogens is 210 g/mol. The average Bonchev–Trinajstić information content (AvgIpc) is 2.76. The fourth-order valence-corrected chi connectivity index (χ4v) is 1.30. The number of aliphatic carboxylic acids is 1. The van der Waals surface area contributed by atoms with Crippen molar-refractivity contribution in [3.05, 3.63) is 0 Å². The van der Waals surface area contributed by atoms with Crippen LogP contribution >= 0.6 is 0 Å². The molecule has 0 aromatic rings. The maximum Gasteiger partial charge on any atom is 0.408 e. The third-order valence-corrected chi connectivity index (χ3v) is 2.67. The first kappa shape index (κ1) is 12.8. The number of rotatable bonds is 3. The average molecular weight is 229 g/mol. The summed E-state index contributed by atoms with van der Waals surface area (Å²) in [5.74, 6) is -1.05. The predicted molar refractivity (Wildman–Crippen MR) is 58.1 cm³/mol. The van der Waals surface area contributed by atoms with E-state index in [4.69, 9.17) is 9.84 Å². The molecular formula is C11H19NO4. The lowest BCUT2D eigenvalue weighted by Crippen LogP contribution is -2.49. The molecule has 0 aromatic carbocycles. The summed E-state index contributed by atoms with van der Waals surface area (Å²) in [4.78, 5) is 22.5. The number of carboxylic acids is 1. The summed E-state index contributed by atoms with van der Waals surface area (Å²) < 4.78 is 5.11. The molecule has 5 heteroatoms. The van der Waals surface area contributed by atoms with Gasteiger partial charge in [0.25, 0.3) is 0 Å². The van der Waals surface area contributed by atoms with Gasteiger partial charge in [0.1, 0.15) is 11.6 Å². The molecule has 0 aromatic heterocycles. The first-order chi connectivity index (χ1) is 7.14. The van der Waals surface area contributed by atoms with Gasteiger partial charge in [0.05, 0.1) is 0 Å². The SMILES string of the molecule is CC1(OC(=O)N[C@H](C(=O)O)C(C)(C)C)CC1. The fraction of sp³-hybridized carbons (Fsp3) is 0.818. The van der Waals surface area contributed by atoms with Gasteiger partial charge < -0.3 is 15.2 Å². The minimum atomic E-state index is -1.05. The van der Waals surface area contributed by atoms with Crippen molar-refractivity contribution >= 4 is 12.1 Å². The van der Waals surface area contributed by atoms with E-state index in [1.165, 1.54) is 0 Å². The Bertz CT molecular complexity index is 302. The first-order valence-electron chi connectivity index (χ1n) is 5.36. The second-order valence-corrected chi connectivity index (χ2v) is 5.62. The van der Waals surface area contributed by atoms with Gasteiger partial charge in [-0.2, -0.15) is 0 Å². The van der Waals surface area contributed by atoms with Crippen molar-refractivity contribution in [2.24, 2.45) is 5.41 Å². The lowest BCUT2D eigenvalue weighted by Gasteiger charge is -2.27. The molecule has 2 N–H and O–H groups in total. The number of carbonyl (C=O) groups excluding carboxylic acids is 1. The summed E-state index contributed by atoms with van der Waals surface area (Å²) in [5.41, 5.74) is -0.930. The number of ether oxygens (including phenoxy) is 1. The highest BCUT2D eigenvalue weighted by Gasteiger charge is 2.43. The second-order valence-electron chi connectivity index (χ2n) is 5.62. The molecule has 5 nitrogen and oxygen atoms in total. The molecule has 0 radical (unpaired) electrons. The number of amides is 1. The maximum atomic E-state index is 11.5. The fourth-order valence-electron chi connectivity index (χ4n) is 1.30. The Labute approximate surface area is 95.2 Å². The van der Waals surface area contributed by atoms with Crippen molar-refractivity contribution in [2.75, 3.05) is 0 Å². The standard InChI is InChI=1S/C11H19NO4/c1-10(2,3)7(8(13)14)12-9(15)16-11(4)5-6-11/h7H,5-6H2,1-4H3,(H,12,15)(H,13,14)/t7-/m1/s1. The number of carbonyl (C=O) groups is 2. The Morgan fingerprint density at radius 2 is 1.88 bits per heavy atom. The molecule has 1 atom stereocenters. The summed E-state index contributed by atoms with van der Waals surface area (Å²) in [6.07, 6.45) is 1.03. The van der Waals surface area contributed by atoms with Crippen LogP contribution in [0.15, 0.2) is 0 Å². The summed E-state index contributed by atoms with van der Waals surface area (Å²) in [5, 5.41) is 11.4.